The Balaban J connectivity index is 0.00000192. The first kappa shape index (κ1) is 17.5. The Morgan fingerprint density at radius 3 is 2.78 bits per heavy atom. The molecular weight excluding hydrogens is 382 g/mol. The van der Waals surface area contributed by atoms with Gasteiger partial charge in [-0.1, -0.05) is 25.1 Å². The second-order valence-electron chi connectivity index (χ2n) is 4.61. The highest BCUT2D eigenvalue weighted by atomic mass is 79.9. The van der Waals surface area contributed by atoms with Crippen molar-refractivity contribution in [3.63, 3.8) is 0 Å². The number of hydrogen-bond acceptors (Lipinski definition) is 4. The first-order valence-corrected chi connectivity index (χ1v) is 7.60. The molecule has 1 aromatic carbocycles. The summed E-state index contributed by atoms with van der Waals surface area (Å²) in [7, 11) is 0. The summed E-state index contributed by atoms with van der Waals surface area (Å²) in [5.41, 5.74) is 1.04. The molecule has 0 radical (unpaired) electrons. The molecule has 2 heterocycles. The zero-order chi connectivity index (χ0) is 15.7. The number of aliphatic hydroxyl groups is 1. The maximum atomic E-state index is 12.5. The van der Waals surface area contributed by atoms with Crippen LogP contribution in [0.5, 0.6) is 0 Å². The fraction of sp³-hybridized carbons (Fsp3) is 0.125. The van der Waals surface area contributed by atoms with E-state index in [4.69, 9.17) is 11.6 Å². The van der Waals surface area contributed by atoms with Gasteiger partial charge in [0.1, 0.15) is 11.5 Å². The number of hydrogen-bond donors (Lipinski definition) is 2. The van der Waals surface area contributed by atoms with Crippen LogP contribution in [-0.2, 0) is 6.61 Å². The van der Waals surface area contributed by atoms with Gasteiger partial charge in [-0.15, -0.1) is 0 Å². The van der Waals surface area contributed by atoms with E-state index in [-0.39, 0.29) is 18.5 Å². The standard InChI is InChI=1S/C15H11BrClN3O2.CH4/c16-9-4-5-13-19-14(12(8-21)15(22)20(13)7-9)18-11-3-1-2-10(17)6-11;/h1-7,18,21H,8H2;1H4. The van der Waals surface area contributed by atoms with Crippen molar-refractivity contribution in [2.75, 3.05) is 5.32 Å². The number of nitrogens with zero attached hydrogens (tertiary/aromatic N) is 2. The van der Waals surface area contributed by atoms with Gasteiger partial charge in [-0.05, 0) is 46.3 Å². The fourth-order valence-electron chi connectivity index (χ4n) is 2.10. The zero-order valence-corrected chi connectivity index (χ0v) is 13.6. The third kappa shape index (κ3) is 3.55. The van der Waals surface area contributed by atoms with Crippen molar-refractivity contribution in [2.24, 2.45) is 0 Å². The molecule has 0 unspecified atom stereocenters. The smallest absolute Gasteiger partial charge is 0.265 e. The number of halogens is 2. The summed E-state index contributed by atoms with van der Waals surface area (Å²) < 4.78 is 2.14. The molecule has 0 aliphatic rings. The van der Waals surface area contributed by atoms with E-state index in [2.05, 4.69) is 26.2 Å². The second kappa shape index (κ2) is 7.12. The number of aromatic nitrogens is 2. The van der Waals surface area contributed by atoms with Crippen LogP contribution in [0.4, 0.5) is 11.5 Å². The lowest BCUT2D eigenvalue weighted by Crippen LogP contribution is -2.21. The number of fused-ring (bicyclic) bond motifs is 1. The van der Waals surface area contributed by atoms with E-state index in [0.717, 1.165) is 4.47 Å². The molecule has 0 aliphatic carbocycles. The number of aliphatic hydroxyl groups excluding tert-OH is 1. The normalized spacial score (nSPS) is 10.4. The monoisotopic (exact) mass is 395 g/mol. The summed E-state index contributed by atoms with van der Waals surface area (Å²) in [4.78, 5) is 16.9. The largest absolute Gasteiger partial charge is 0.391 e. The topological polar surface area (TPSA) is 66.6 Å². The van der Waals surface area contributed by atoms with Crippen molar-refractivity contribution in [3.8, 4) is 0 Å². The minimum atomic E-state index is -0.413. The van der Waals surface area contributed by atoms with Crippen molar-refractivity contribution in [2.45, 2.75) is 14.0 Å². The Hall–Kier alpha value is -1.89. The van der Waals surface area contributed by atoms with Crippen molar-refractivity contribution in [1.29, 1.82) is 0 Å². The quantitative estimate of drug-likeness (QED) is 0.703. The van der Waals surface area contributed by atoms with E-state index in [9.17, 15) is 9.90 Å². The summed E-state index contributed by atoms with van der Waals surface area (Å²) in [5, 5.41) is 13.1. The predicted molar refractivity (Wildman–Crippen MR) is 96.6 cm³/mol. The summed E-state index contributed by atoms with van der Waals surface area (Å²) in [6, 6.07) is 10.6. The molecule has 0 saturated heterocycles. The van der Waals surface area contributed by atoms with E-state index >= 15 is 0 Å². The molecule has 23 heavy (non-hydrogen) atoms. The molecule has 0 atom stereocenters. The predicted octanol–water partition coefficient (Wildman–Crippen LogP) is 3.98. The minimum Gasteiger partial charge on any atom is -0.391 e. The van der Waals surface area contributed by atoms with Gasteiger partial charge >= 0.3 is 0 Å². The van der Waals surface area contributed by atoms with Crippen LogP contribution in [0.3, 0.4) is 0 Å². The highest BCUT2D eigenvalue weighted by Gasteiger charge is 2.12. The average molecular weight is 397 g/mol. The van der Waals surface area contributed by atoms with Gasteiger partial charge in [-0.3, -0.25) is 9.20 Å². The molecule has 0 spiro atoms. The number of nitrogens with one attached hydrogen (secondary N) is 1. The van der Waals surface area contributed by atoms with Crippen LogP contribution in [0.1, 0.15) is 13.0 Å². The SMILES string of the molecule is C.O=c1c(CO)c(Nc2cccc(Cl)c2)nc2ccc(Br)cn12. The molecule has 2 aromatic heterocycles. The lowest BCUT2D eigenvalue weighted by atomic mass is 10.2. The van der Waals surface area contributed by atoms with E-state index < -0.39 is 6.61 Å². The first-order valence-electron chi connectivity index (χ1n) is 6.43. The van der Waals surface area contributed by atoms with Crippen LogP contribution < -0.4 is 10.9 Å². The first-order chi connectivity index (χ1) is 10.6. The number of rotatable bonds is 3. The molecule has 7 heteroatoms. The minimum absolute atomic E-state index is 0. The van der Waals surface area contributed by atoms with E-state index in [1.54, 1.807) is 42.6 Å². The Morgan fingerprint density at radius 2 is 2.09 bits per heavy atom. The summed E-state index contributed by atoms with van der Waals surface area (Å²) in [5.74, 6) is 0.317. The molecule has 0 bridgehead atoms. The van der Waals surface area contributed by atoms with Crippen LogP contribution in [0.25, 0.3) is 5.65 Å². The summed E-state index contributed by atoms with van der Waals surface area (Å²) in [6.45, 7) is -0.413. The van der Waals surface area contributed by atoms with Crippen molar-refractivity contribution in [3.05, 3.63) is 68.0 Å². The number of anilines is 2. The van der Waals surface area contributed by atoms with E-state index in [1.807, 2.05) is 0 Å². The van der Waals surface area contributed by atoms with E-state index in [1.165, 1.54) is 4.40 Å². The third-order valence-corrected chi connectivity index (χ3v) is 3.83. The lowest BCUT2D eigenvalue weighted by molar-refractivity contribution is 0.280. The van der Waals surface area contributed by atoms with Crippen molar-refractivity contribution >= 4 is 44.7 Å². The van der Waals surface area contributed by atoms with Gasteiger partial charge in [0.05, 0.1) is 12.2 Å². The van der Waals surface area contributed by atoms with E-state index in [0.29, 0.717) is 22.2 Å². The summed E-state index contributed by atoms with van der Waals surface area (Å²) >= 11 is 9.26. The molecule has 0 saturated carbocycles. The highest BCUT2D eigenvalue weighted by Crippen LogP contribution is 2.21. The van der Waals surface area contributed by atoms with Gasteiger partial charge in [0, 0.05) is 21.4 Å². The second-order valence-corrected chi connectivity index (χ2v) is 5.97. The maximum absolute atomic E-state index is 12.5. The average Bonchev–Trinajstić information content (AvgIpc) is 2.49. The molecule has 0 amide bonds. The van der Waals surface area contributed by atoms with Crippen molar-refractivity contribution < 1.29 is 5.11 Å². The van der Waals surface area contributed by atoms with Crippen LogP contribution in [0, 0.1) is 0 Å². The van der Waals surface area contributed by atoms with Gasteiger partial charge in [-0.25, -0.2) is 4.98 Å². The highest BCUT2D eigenvalue weighted by molar-refractivity contribution is 9.10. The fourth-order valence-corrected chi connectivity index (χ4v) is 2.63. The Labute approximate surface area is 146 Å². The molecule has 3 aromatic rings. The molecule has 0 aliphatic heterocycles. The van der Waals surface area contributed by atoms with Gasteiger partial charge in [0.2, 0.25) is 0 Å². The number of benzene rings is 1. The maximum Gasteiger partial charge on any atom is 0.265 e. The lowest BCUT2D eigenvalue weighted by Gasteiger charge is -2.11. The number of pyridine rings is 1. The Bertz CT molecular complexity index is 911. The van der Waals surface area contributed by atoms with Crippen LogP contribution >= 0.6 is 27.5 Å². The van der Waals surface area contributed by atoms with Gasteiger partial charge < -0.3 is 10.4 Å². The molecular formula is C16H15BrClN3O2. The Morgan fingerprint density at radius 1 is 1.30 bits per heavy atom. The molecule has 120 valence electrons. The molecule has 0 fully saturated rings. The van der Waals surface area contributed by atoms with Crippen LogP contribution in [0.15, 0.2) is 51.9 Å². The van der Waals surface area contributed by atoms with Crippen LogP contribution in [-0.4, -0.2) is 14.5 Å². The van der Waals surface area contributed by atoms with Gasteiger partial charge in [0.25, 0.3) is 5.56 Å². The molecule has 2 N–H and O–H groups in total. The molecule has 5 nitrogen and oxygen atoms in total. The molecule has 3 rings (SSSR count). The van der Waals surface area contributed by atoms with Crippen molar-refractivity contribution in [1.82, 2.24) is 9.38 Å². The summed E-state index contributed by atoms with van der Waals surface area (Å²) in [6.07, 6.45) is 1.62. The Kier molecular flexibility index (Phi) is 5.41. The zero-order valence-electron chi connectivity index (χ0n) is 11.3. The van der Waals surface area contributed by atoms with Gasteiger partial charge in [0.15, 0.2) is 0 Å². The van der Waals surface area contributed by atoms with Crippen LogP contribution in [0.2, 0.25) is 5.02 Å². The van der Waals surface area contributed by atoms with Gasteiger partial charge in [-0.2, -0.15) is 0 Å². The third-order valence-electron chi connectivity index (χ3n) is 3.13.